The zero-order valence-corrected chi connectivity index (χ0v) is 24.8. The molecule has 2 saturated heterocycles. The van der Waals surface area contributed by atoms with Crippen molar-refractivity contribution in [3.63, 3.8) is 0 Å². The van der Waals surface area contributed by atoms with Crippen LogP contribution in [0.2, 0.25) is 0 Å². The van der Waals surface area contributed by atoms with Crippen molar-refractivity contribution >= 4 is 23.5 Å². The van der Waals surface area contributed by atoms with Gasteiger partial charge in [0.15, 0.2) is 0 Å². The van der Waals surface area contributed by atoms with Gasteiger partial charge in [-0.15, -0.1) is 0 Å². The Kier molecular flexibility index (Phi) is 8.54. The van der Waals surface area contributed by atoms with Crippen LogP contribution < -0.4 is 10.2 Å². The van der Waals surface area contributed by atoms with E-state index in [0.717, 1.165) is 16.7 Å². The van der Waals surface area contributed by atoms with Crippen molar-refractivity contribution in [1.29, 1.82) is 0 Å². The Morgan fingerprint density at radius 3 is 2.42 bits per heavy atom. The Bertz CT molecular complexity index is 1480. The van der Waals surface area contributed by atoms with Gasteiger partial charge in [-0.3, -0.25) is 9.59 Å². The second-order valence-electron chi connectivity index (χ2n) is 11.2. The van der Waals surface area contributed by atoms with Crippen molar-refractivity contribution in [2.24, 2.45) is 0 Å². The van der Waals surface area contributed by atoms with Crippen LogP contribution in [0.25, 0.3) is 0 Å². The van der Waals surface area contributed by atoms with Gasteiger partial charge in [-0.05, 0) is 47.9 Å². The number of amides is 4. The lowest BCUT2D eigenvalue weighted by Gasteiger charge is -2.55. The van der Waals surface area contributed by atoms with Crippen LogP contribution in [0, 0.1) is 5.82 Å². The normalized spacial score (nSPS) is 19.7. The summed E-state index contributed by atoms with van der Waals surface area (Å²) in [7, 11) is 5.18. The fraction of sp³-hybridized carbons (Fsp3) is 0.344. The number of piperazine rings is 1. The zero-order valence-electron chi connectivity index (χ0n) is 24.8. The molecule has 0 aliphatic carbocycles. The lowest BCUT2D eigenvalue weighted by molar-refractivity contribution is -0.189. The molecule has 3 aromatic rings. The summed E-state index contributed by atoms with van der Waals surface area (Å²) in [5.74, 6) is -0.810. The lowest BCUT2D eigenvalue weighted by Crippen LogP contribution is -2.76. The number of urea groups is 1. The number of aromatic hydroxyl groups is 1. The Hall–Kier alpha value is -4.64. The first-order chi connectivity index (χ1) is 20.5. The van der Waals surface area contributed by atoms with Gasteiger partial charge in [-0.1, -0.05) is 48.5 Å². The second-order valence-corrected chi connectivity index (χ2v) is 11.2. The molecule has 0 aromatic heterocycles. The van der Waals surface area contributed by atoms with Gasteiger partial charge in [0.2, 0.25) is 11.8 Å². The number of nitrogens with zero attached hydrogens (tertiary/aromatic N) is 5. The van der Waals surface area contributed by atoms with E-state index in [0.29, 0.717) is 12.2 Å². The second kappa shape index (κ2) is 12.3. The van der Waals surface area contributed by atoms with Crippen LogP contribution >= 0.6 is 0 Å². The lowest BCUT2D eigenvalue weighted by atomic mass is 9.96. The monoisotopic (exact) mass is 588 g/mol. The van der Waals surface area contributed by atoms with E-state index < -0.39 is 24.3 Å². The molecule has 10 nitrogen and oxygen atoms in total. The number of rotatable bonds is 7. The van der Waals surface area contributed by atoms with E-state index in [1.807, 2.05) is 37.3 Å². The molecule has 2 fully saturated rings. The number of hydrogen-bond acceptors (Lipinski definition) is 6. The predicted octanol–water partition coefficient (Wildman–Crippen LogP) is 3.34. The fourth-order valence-corrected chi connectivity index (χ4v) is 5.84. The minimum Gasteiger partial charge on any atom is -0.508 e. The number of nitrogens with one attached hydrogen (secondary N) is 1. The molecule has 2 heterocycles. The van der Waals surface area contributed by atoms with E-state index in [-0.39, 0.29) is 42.9 Å². The predicted molar refractivity (Wildman–Crippen MR) is 160 cm³/mol. The molecule has 0 radical (unpaired) electrons. The highest BCUT2D eigenvalue weighted by molar-refractivity contribution is 5.92. The molecule has 0 unspecified atom stereocenters. The molecule has 4 amide bonds. The number of phenols is 1. The third-order valence-electron chi connectivity index (χ3n) is 8.15. The fourth-order valence-electron chi connectivity index (χ4n) is 5.84. The maximum absolute atomic E-state index is 14.5. The average Bonchev–Trinajstić information content (AvgIpc) is 2.98. The van der Waals surface area contributed by atoms with Gasteiger partial charge in [0.25, 0.3) is 0 Å². The van der Waals surface area contributed by atoms with Crippen molar-refractivity contribution in [1.82, 2.24) is 25.1 Å². The summed E-state index contributed by atoms with van der Waals surface area (Å²) in [6.07, 6.45) is -0.585. The van der Waals surface area contributed by atoms with Gasteiger partial charge in [-0.2, -0.15) is 0 Å². The molecule has 11 heteroatoms. The molecule has 5 rings (SSSR count). The maximum atomic E-state index is 14.5. The Morgan fingerprint density at radius 2 is 1.74 bits per heavy atom. The molecule has 43 heavy (non-hydrogen) atoms. The molecule has 3 atom stereocenters. The number of fused-ring (bicyclic) bond motifs is 1. The van der Waals surface area contributed by atoms with Gasteiger partial charge in [0, 0.05) is 34.1 Å². The Balaban J connectivity index is 1.51. The number of anilines is 1. The summed E-state index contributed by atoms with van der Waals surface area (Å²) in [4.78, 5) is 46.3. The SMILES string of the molecule is C[C@H](c1ccc(F)c(N(C)C)c1)N1C[C@H]2N(C(=O)CN(C)N2C(=O)NCc2ccccc2)[C@@H](Cc2ccc(O)cc2)C1=O. The number of benzene rings is 3. The summed E-state index contributed by atoms with van der Waals surface area (Å²) in [5.41, 5.74) is 2.81. The summed E-state index contributed by atoms with van der Waals surface area (Å²) in [6, 6.07) is 19.0. The smallest absolute Gasteiger partial charge is 0.334 e. The molecular weight excluding hydrogens is 551 g/mol. The van der Waals surface area contributed by atoms with Gasteiger partial charge >= 0.3 is 6.03 Å². The molecule has 2 aliphatic rings. The summed E-state index contributed by atoms with van der Waals surface area (Å²) < 4.78 is 14.5. The number of carbonyl (C=O) groups excluding carboxylic acids is 3. The minimum atomic E-state index is -0.898. The van der Waals surface area contributed by atoms with Crippen LogP contribution in [-0.4, -0.2) is 89.2 Å². The molecular formula is C32H37FN6O4. The summed E-state index contributed by atoms with van der Waals surface area (Å²) >= 11 is 0. The number of phenolic OH excluding ortho intramolecular Hbond substituents is 1. The highest BCUT2D eigenvalue weighted by Gasteiger charge is 2.51. The molecule has 2 aliphatic heterocycles. The van der Waals surface area contributed by atoms with Crippen molar-refractivity contribution in [3.05, 3.63) is 95.3 Å². The Morgan fingerprint density at radius 1 is 1.05 bits per heavy atom. The van der Waals surface area contributed by atoms with Crippen LogP contribution in [0.4, 0.5) is 14.9 Å². The van der Waals surface area contributed by atoms with Crippen LogP contribution in [0.3, 0.4) is 0 Å². The third kappa shape index (κ3) is 6.12. The molecule has 0 saturated carbocycles. The Labute approximate surface area is 250 Å². The number of halogens is 1. The van der Waals surface area contributed by atoms with Crippen molar-refractivity contribution in [2.45, 2.75) is 38.1 Å². The molecule has 3 aromatic carbocycles. The highest BCUT2D eigenvalue weighted by atomic mass is 19.1. The first-order valence-corrected chi connectivity index (χ1v) is 14.2. The van der Waals surface area contributed by atoms with Crippen LogP contribution in [0.5, 0.6) is 5.75 Å². The molecule has 226 valence electrons. The van der Waals surface area contributed by atoms with Gasteiger partial charge in [0.1, 0.15) is 23.8 Å². The van der Waals surface area contributed by atoms with Crippen LogP contribution in [0.1, 0.15) is 29.7 Å². The van der Waals surface area contributed by atoms with Gasteiger partial charge in [-0.25, -0.2) is 19.2 Å². The van der Waals surface area contributed by atoms with E-state index in [2.05, 4.69) is 5.32 Å². The standard InChI is InChI=1S/C32H37FN6O4/c1-21(24-12-15-26(33)27(17-24)35(2)3)37-19-29-38(28(31(37)42)16-22-10-13-25(40)14-11-22)30(41)20-36(4)39(29)32(43)34-18-23-8-6-5-7-9-23/h5-15,17,21,28-29,40H,16,18-20H2,1-4H3,(H,34,43)/t21-,28+,29+/m1/s1. The summed E-state index contributed by atoms with van der Waals surface area (Å²) in [6.45, 7) is 2.15. The molecule has 0 bridgehead atoms. The van der Waals surface area contributed by atoms with Crippen molar-refractivity contribution in [2.75, 3.05) is 39.1 Å². The van der Waals surface area contributed by atoms with E-state index >= 15 is 0 Å². The maximum Gasteiger partial charge on any atom is 0.334 e. The quantitative estimate of drug-likeness (QED) is 0.440. The van der Waals surface area contributed by atoms with E-state index in [1.165, 1.54) is 28.1 Å². The van der Waals surface area contributed by atoms with Gasteiger partial charge in [0.05, 0.1) is 24.8 Å². The number of carbonyl (C=O) groups is 3. The van der Waals surface area contributed by atoms with Crippen molar-refractivity contribution < 1.29 is 23.9 Å². The first kappa shape index (κ1) is 29.8. The zero-order chi connectivity index (χ0) is 30.8. The van der Waals surface area contributed by atoms with Crippen LogP contribution in [-0.2, 0) is 22.6 Å². The van der Waals surface area contributed by atoms with Crippen LogP contribution in [0.15, 0.2) is 72.8 Å². The third-order valence-corrected chi connectivity index (χ3v) is 8.15. The number of hydrazine groups is 1. The van der Waals surface area contributed by atoms with E-state index in [4.69, 9.17) is 0 Å². The highest BCUT2D eigenvalue weighted by Crippen LogP contribution is 2.34. The van der Waals surface area contributed by atoms with E-state index in [1.54, 1.807) is 60.2 Å². The van der Waals surface area contributed by atoms with Crippen molar-refractivity contribution in [3.8, 4) is 5.75 Å². The largest absolute Gasteiger partial charge is 0.508 e. The van der Waals surface area contributed by atoms with E-state index in [9.17, 15) is 23.9 Å². The minimum absolute atomic E-state index is 0.0651. The molecule has 2 N–H and O–H groups in total. The number of hydrogen-bond donors (Lipinski definition) is 2. The molecule has 0 spiro atoms. The van der Waals surface area contributed by atoms with Gasteiger partial charge < -0.3 is 25.1 Å². The first-order valence-electron chi connectivity index (χ1n) is 14.2. The topological polar surface area (TPSA) is 99.7 Å². The average molecular weight is 589 g/mol. The summed E-state index contributed by atoms with van der Waals surface area (Å²) in [5, 5.41) is 15.9. The number of likely N-dealkylation sites (N-methyl/N-ethyl adjacent to an activating group) is 1.